The Kier molecular flexibility index (Phi) is 2.60. The van der Waals surface area contributed by atoms with Crippen LogP contribution in [0.25, 0.3) is 0 Å². The molecule has 1 aromatic rings. The quantitative estimate of drug-likeness (QED) is 0.749. The van der Waals surface area contributed by atoms with E-state index in [0.29, 0.717) is 0 Å². The predicted molar refractivity (Wildman–Crippen MR) is 41.4 cm³/mol. The summed E-state index contributed by atoms with van der Waals surface area (Å²) in [6.07, 6.45) is -4.81. The van der Waals surface area contributed by atoms with E-state index in [2.05, 4.69) is 0 Å². The Labute approximate surface area is 76.8 Å². The van der Waals surface area contributed by atoms with Crippen molar-refractivity contribution in [3.63, 3.8) is 0 Å². The lowest BCUT2D eigenvalue weighted by atomic mass is 10.2. The van der Waals surface area contributed by atoms with Crippen molar-refractivity contribution >= 4 is 0 Å². The number of halogens is 3. The molecule has 1 aromatic heterocycles. The standard InChI is InChI=1S/C8H5F3N2O/c9-8(10,11)6-3-5(1-2-12)4-7(14)13-6/h3-4H,1H2,(H,13,14). The van der Waals surface area contributed by atoms with Crippen LogP contribution in [0.1, 0.15) is 11.3 Å². The molecule has 14 heavy (non-hydrogen) atoms. The third-order valence-corrected chi connectivity index (χ3v) is 1.49. The first-order valence-corrected chi connectivity index (χ1v) is 3.61. The molecule has 3 nitrogen and oxygen atoms in total. The van der Waals surface area contributed by atoms with Gasteiger partial charge in [-0.1, -0.05) is 0 Å². The SMILES string of the molecule is N#CCc1cc(C(F)(F)F)[nH]c(=O)c1. The van der Waals surface area contributed by atoms with Crippen molar-refractivity contribution in [1.82, 2.24) is 4.98 Å². The van der Waals surface area contributed by atoms with Crippen molar-refractivity contribution in [2.75, 3.05) is 0 Å². The zero-order valence-electron chi connectivity index (χ0n) is 6.85. The van der Waals surface area contributed by atoms with E-state index < -0.39 is 17.4 Å². The number of H-pyrrole nitrogens is 1. The van der Waals surface area contributed by atoms with Gasteiger partial charge in [0.05, 0.1) is 12.5 Å². The van der Waals surface area contributed by atoms with Crippen LogP contribution in [-0.4, -0.2) is 4.98 Å². The molecule has 0 radical (unpaired) electrons. The van der Waals surface area contributed by atoms with Gasteiger partial charge in [-0.15, -0.1) is 0 Å². The van der Waals surface area contributed by atoms with Crippen LogP contribution in [0.15, 0.2) is 16.9 Å². The summed E-state index contributed by atoms with van der Waals surface area (Å²) in [5.41, 5.74) is -1.93. The number of pyridine rings is 1. The lowest BCUT2D eigenvalue weighted by Crippen LogP contribution is -2.16. The molecule has 0 aromatic carbocycles. The molecule has 0 spiro atoms. The molecule has 0 fully saturated rings. The van der Waals surface area contributed by atoms with Crippen molar-refractivity contribution in [3.05, 3.63) is 33.7 Å². The summed E-state index contributed by atoms with van der Waals surface area (Å²) in [7, 11) is 0. The second-order valence-electron chi connectivity index (χ2n) is 2.60. The molecule has 74 valence electrons. The first-order valence-electron chi connectivity index (χ1n) is 3.61. The average molecular weight is 202 g/mol. The van der Waals surface area contributed by atoms with E-state index in [1.165, 1.54) is 0 Å². The molecule has 0 aliphatic rings. The summed E-state index contributed by atoms with van der Waals surface area (Å²) >= 11 is 0. The van der Waals surface area contributed by atoms with Crippen LogP contribution in [0, 0.1) is 11.3 Å². The van der Waals surface area contributed by atoms with Gasteiger partial charge in [0.25, 0.3) is 0 Å². The van der Waals surface area contributed by atoms with Crippen molar-refractivity contribution in [2.45, 2.75) is 12.6 Å². The lowest BCUT2D eigenvalue weighted by Gasteiger charge is -2.06. The molecular weight excluding hydrogens is 197 g/mol. The first-order chi connectivity index (χ1) is 6.43. The van der Waals surface area contributed by atoms with Crippen LogP contribution in [0.2, 0.25) is 0 Å². The molecule has 0 aliphatic carbocycles. The summed E-state index contributed by atoms with van der Waals surface area (Å²) in [6.45, 7) is 0. The smallest absolute Gasteiger partial charge is 0.318 e. The third-order valence-electron chi connectivity index (χ3n) is 1.49. The molecule has 0 atom stereocenters. The molecule has 6 heteroatoms. The third kappa shape index (κ3) is 2.36. The zero-order chi connectivity index (χ0) is 10.8. The molecule has 0 amide bonds. The van der Waals surface area contributed by atoms with Gasteiger partial charge in [0.15, 0.2) is 0 Å². The Hall–Kier alpha value is -1.77. The van der Waals surface area contributed by atoms with E-state index in [4.69, 9.17) is 5.26 Å². The number of nitrogens with zero attached hydrogens (tertiary/aromatic N) is 1. The monoisotopic (exact) mass is 202 g/mol. The zero-order valence-corrected chi connectivity index (χ0v) is 6.85. The van der Waals surface area contributed by atoms with Gasteiger partial charge in [-0.3, -0.25) is 4.79 Å². The summed E-state index contributed by atoms with van der Waals surface area (Å²) in [6, 6.07) is 3.40. The van der Waals surface area contributed by atoms with Gasteiger partial charge < -0.3 is 4.98 Å². The minimum absolute atomic E-state index is 0.0589. The van der Waals surface area contributed by atoms with Gasteiger partial charge >= 0.3 is 6.18 Å². The fourth-order valence-corrected chi connectivity index (χ4v) is 0.946. The second-order valence-corrected chi connectivity index (χ2v) is 2.60. The van der Waals surface area contributed by atoms with Gasteiger partial charge in [0.1, 0.15) is 5.69 Å². The lowest BCUT2D eigenvalue weighted by molar-refractivity contribution is -0.141. The molecule has 0 saturated heterocycles. The molecule has 0 saturated carbocycles. The van der Waals surface area contributed by atoms with E-state index in [1.807, 2.05) is 0 Å². The Morgan fingerprint density at radius 2 is 2.07 bits per heavy atom. The molecule has 1 N–H and O–H groups in total. The molecule has 0 unspecified atom stereocenters. The Balaban J connectivity index is 3.22. The maximum absolute atomic E-state index is 12.1. The number of aromatic amines is 1. The van der Waals surface area contributed by atoms with Crippen LogP contribution < -0.4 is 5.56 Å². The molecule has 0 aliphatic heterocycles. The highest BCUT2D eigenvalue weighted by atomic mass is 19.4. The predicted octanol–water partition coefficient (Wildman–Crippen LogP) is 1.46. The van der Waals surface area contributed by atoms with Gasteiger partial charge in [-0.05, 0) is 11.6 Å². The van der Waals surface area contributed by atoms with Crippen LogP contribution in [0.3, 0.4) is 0 Å². The molecular formula is C8H5F3N2O. The van der Waals surface area contributed by atoms with Crippen LogP contribution in [0.4, 0.5) is 13.2 Å². The van der Waals surface area contributed by atoms with E-state index in [0.717, 1.165) is 12.1 Å². The number of nitriles is 1. The van der Waals surface area contributed by atoms with Gasteiger partial charge in [-0.25, -0.2) is 0 Å². The number of hydrogen-bond donors (Lipinski definition) is 1. The van der Waals surface area contributed by atoms with E-state index in [-0.39, 0.29) is 12.0 Å². The van der Waals surface area contributed by atoms with Gasteiger partial charge in [0, 0.05) is 6.07 Å². The highest BCUT2D eigenvalue weighted by molar-refractivity contribution is 5.21. The maximum atomic E-state index is 12.1. The number of hydrogen-bond acceptors (Lipinski definition) is 2. The first kappa shape index (κ1) is 10.3. The van der Waals surface area contributed by atoms with Crippen molar-refractivity contribution in [1.29, 1.82) is 5.26 Å². The van der Waals surface area contributed by atoms with Crippen molar-refractivity contribution < 1.29 is 13.2 Å². The van der Waals surface area contributed by atoms with E-state index in [9.17, 15) is 18.0 Å². The van der Waals surface area contributed by atoms with Crippen LogP contribution in [0.5, 0.6) is 0 Å². The number of nitrogens with one attached hydrogen (secondary N) is 1. The molecule has 1 heterocycles. The number of alkyl halides is 3. The highest BCUT2D eigenvalue weighted by Crippen LogP contribution is 2.26. The Morgan fingerprint density at radius 3 is 2.57 bits per heavy atom. The minimum atomic E-state index is -4.59. The van der Waals surface area contributed by atoms with Gasteiger partial charge in [-0.2, -0.15) is 18.4 Å². The average Bonchev–Trinajstić information content (AvgIpc) is 2.02. The van der Waals surface area contributed by atoms with Crippen LogP contribution >= 0.6 is 0 Å². The van der Waals surface area contributed by atoms with Gasteiger partial charge in [0.2, 0.25) is 5.56 Å². The Morgan fingerprint density at radius 1 is 1.43 bits per heavy atom. The largest absolute Gasteiger partial charge is 0.431 e. The topological polar surface area (TPSA) is 56.6 Å². The number of aromatic nitrogens is 1. The molecule has 0 bridgehead atoms. The normalized spacial score (nSPS) is 11.0. The van der Waals surface area contributed by atoms with Crippen molar-refractivity contribution in [2.24, 2.45) is 0 Å². The summed E-state index contributed by atoms with van der Waals surface area (Å²) < 4.78 is 36.4. The maximum Gasteiger partial charge on any atom is 0.431 e. The number of rotatable bonds is 1. The molecule has 1 rings (SSSR count). The highest BCUT2D eigenvalue weighted by Gasteiger charge is 2.32. The fraction of sp³-hybridized carbons (Fsp3) is 0.250. The second kappa shape index (κ2) is 3.54. The summed E-state index contributed by atoms with van der Waals surface area (Å²) in [4.78, 5) is 12.4. The summed E-state index contributed by atoms with van der Waals surface area (Å²) in [5.74, 6) is 0. The van der Waals surface area contributed by atoms with E-state index >= 15 is 0 Å². The van der Waals surface area contributed by atoms with E-state index in [1.54, 1.807) is 11.1 Å². The van der Waals surface area contributed by atoms with Crippen molar-refractivity contribution in [3.8, 4) is 6.07 Å². The minimum Gasteiger partial charge on any atom is -0.318 e. The summed E-state index contributed by atoms with van der Waals surface area (Å²) in [5, 5.41) is 8.26. The Bertz CT molecular complexity index is 427. The van der Waals surface area contributed by atoms with Crippen LogP contribution in [-0.2, 0) is 12.6 Å². The fourth-order valence-electron chi connectivity index (χ4n) is 0.946.